The number of hydrogen-bond donors (Lipinski definition) is 1. The summed E-state index contributed by atoms with van der Waals surface area (Å²) in [5.74, 6) is -1.77. The van der Waals surface area contributed by atoms with E-state index in [-0.39, 0.29) is 13.0 Å². The molecule has 21 heavy (non-hydrogen) atoms. The molecule has 0 fully saturated rings. The zero-order valence-electron chi connectivity index (χ0n) is 11.3. The summed E-state index contributed by atoms with van der Waals surface area (Å²) >= 11 is 0. The second-order valence-electron chi connectivity index (χ2n) is 4.45. The van der Waals surface area contributed by atoms with Crippen molar-refractivity contribution in [1.29, 1.82) is 0 Å². The van der Waals surface area contributed by atoms with Gasteiger partial charge < -0.3 is 15.2 Å². The molecule has 0 saturated heterocycles. The Balaban J connectivity index is 2.21. The van der Waals surface area contributed by atoms with Crippen LogP contribution in [0.2, 0.25) is 0 Å². The molecule has 2 rings (SSSR count). The van der Waals surface area contributed by atoms with Crippen molar-refractivity contribution in [2.24, 2.45) is 0 Å². The predicted molar refractivity (Wildman–Crippen MR) is 71.1 cm³/mol. The molecule has 0 saturated carbocycles. The Morgan fingerprint density at radius 3 is 2.81 bits per heavy atom. The van der Waals surface area contributed by atoms with Gasteiger partial charge in [-0.05, 0) is 19.1 Å². The van der Waals surface area contributed by atoms with Crippen LogP contribution < -0.4 is 16.0 Å². The second kappa shape index (κ2) is 6.12. The number of hydrogen-bond acceptors (Lipinski definition) is 6. The Hall–Kier alpha value is -2.77. The lowest BCUT2D eigenvalue weighted by molar-refractivity contribution is -0.305. The standard InChI is InChI=1S/C13H14N4O4/c1-8(12(20)14-7-6-11(18)19)17-13(21)9-4-2-3-5-10(9)15-16-17/h2-5,8H,6-7H2,1H3,(H,14,20)(H,18,19)/p-1/t8-/m0/s1. The molecule has 2 aromatic rings. The third kappa shape index (κ3) is 3.22. The molecule has 8 nitrogen and oxygen atoms in total. The molecule has 1 aromatic heterocycles. The smallest absolute Gasteiger partial charge is 0.278 e. The number of rotatable bonds is 5. The molecule has 0 spiro atoms. The minimum absolute atomic E-state index is 0.0682. The fourth-order valence-electron chi connectivity index (χ4n) is 1.80. The predicted octanol–water partition coefficient (Wildman–Crippen LogP) is -1.39. The highest BCUT2D eigenvalue weighted by atomic mass is 16.4. The molecule has 1 heterocycles. The van der Waals surface area contributed by atoms with Gasteiger partial charge in [0, 0.05) is 18.9 Å². The zero-order valence-corrected chi connectivity index (χ0v) is 11.3. The van der Waals surface area contributed by atoms with Gasteiger partial charge in [0.15, 0.2) is 0 Å². The molecule has 0 aliphatic heterocycles. The van der Waals surface area contributed by atoms with Crippen LogP contribution in [0.4, 0.5) is 0 Å². The lowest BCUT2D eigenvalue weighted by Crippen LogP contribution is -2.39. The Morgan fingerprint density at radius 2 is 2.10 bits per heavy atom. The fourth-order valence-corrected chi connectivity index (χ4v) is 1.80. The van der Waals surface area contributed by atoms with Crippen molar-refractivity contribution >= 4 is 22.8 Å². The first-order chi connectivity index (χ1) is 10.0. The third-order valence-electron chi connectivity index (χ3n) is 2.97. The number of carboxylic acids is 1. The molecule has 1 N–H and O–H groups in total. The summed E-state index contributed by atoms with van der Waals surface area (Å²) in [6, 6.07) is 5.79. The van der Waals surface area contributed by atoms with Crippen LogP contribution in [0.5, 0.6) is 0 Å². The molecule has 0 aliphatic carbocycles. The summed E-state index contributed by atoms with van der Waals surface area (Å²) in [6.07, 6.45) is -0.295. The molecule has 1 atom stereocenters. The Labute approximate surface area is 119 Å². The maximum atomic E-state index is 12.2. The van der Waals surface area contributed by atoms with E-state index in [1.807, 2.05) is 0 Å². The van der Waals surface area contributed by atoms with Gasteiger partial charge in [0.2, 0.25) is 5.91 Å². The van der Waals surface area contributed by atoms with Gasteiger partial charge >= 0.3 is 0 Å². The van der Waals surface area contributed by atoms with Gasteiger partial charge in [-0.1, -0.05) is 17.3 Å². The number of nitrogens with one attached hydrogen (secondary N) is 1. The molecular weight excluding hydrogens is 276 g/mol. The highest BCUT2D eigenvalue weighted by molar-refractivity contribution is 5.81. The summed E-state index contributed by atoms with van der Waals surface area (Å²) in [4.78, 5) is 34.4. The third-order valence-corrected chi connectivity index (χ3v) is 2.97. The summed E-state index contributed by atoms with van der Waals surface area (Å²) in [5, 5.41) is 20.7. The van der Waals surface area contributed by atoms with E-state index in [0.717, 1.165) is 4.68 Å². The highest BCUT2D eigenvalue weighted by Crippen LogP contribution is 2.06. The first kappa shape index (κ1) is 14.6. The largest absolute Gasteiger partial charge is 0.550 e. The van der Waals surface area contributed by atoms with Crippen molar-refractivity contribution in [3.8, 4) is 0 Å². The van der Waals surface area contributed by atoms with Gasteiger partial charge in [0.05, 0.1) is 5.39 Å². The van der Waals surface area contributed by atoms with E-state index >= 15 is 0 Å². The average Bonchev–Trinajstić information content (AvgIpc) is 2.47. The monoisotopic (exact) mass is 289 g/mol. The molecule has 8 heteroatoms. The van der Waals surface area contributed by atoms with E-state index in [1.165, 1.54) is 6.92 Å². The van der Waals surface area contributed by atoms with Crippen molar-refractivity contribution in [3.05, 3.63) is 34.6 Å². The maximum Gasteiger partial charge on any atom is 0.278 e. The van der Waals surface area contributed by atoms with Crippen LogP contribution in [0.15, 0.2) is 29.1 Å². The van der Waals surface area contributed by atoms with Crippen LogP contribution in [-0.2, 0) is 9.59 Å². The summed E-state index contributed by atoms with van der Waals surface area (Å²) in [7, 11) is 0. The summed E-state index contributed by atoms with van der Waals surface area (Å²) in [6.45, 7) is 1.42. The van der Waals surface area contributed by atoms with Crippen LogP contribution in [-0.4, -0.2) is 33.4 Å². The summed E-state index contributed by atoms with van der Waals surface area (Å²) < 4.78 is 0.969. The SMILES string of the molecule is C[C@@H](C(=O)NCCC(=O)[O-])n1nnc2ccccc2c1=O. The molecule has 0 unspecified atom stereocenters. The normalized spacial score (nSPS) is 12.0. The Morgan fingerprint density at radius 1 is 1.38 bits per heavy atom. The number of amides is 1. The van der Waals surface area contributed by atoms with Gasteiger partial charge in [-0.3, -0.25) is 9.59 Å². The van der Waals surface area contributed by atoms with Gasteiger partial charge in [0.1, 0.15) is 11.6 Å². The zero-order chi connectivity index (χ0) is 15.4. The Kier molecular flexibility index (Phi) is 4.27. The quantitative estimate of drug-likeness (QED) is 0.724. The number of carbonyl (C=O) groups excluding carboxylic acids is 2. The van der Waals surface area contributed by atoms with Crippen LogP contribution in [0.25, 0.3) is 10.9 Å². The van der Waals surface area contributed by atoms with E-state index in [4.69, 9.17) is 0 Å². The molecule has 0 aliphatic rings. The molecular formula is C13H13N4O4-. The minimum Gasteiger partial charge on any atom is -0.550 e. The average molecular weight is 289 g/mol. The first-order valence-electron chi connectivity index (χ1n) is 6.32. The number of aliphatic carboxylic acids is 1. The topological polar surface area (TPSA) is 117 Å². The number of benzene rings is 1. The number of carbonyl (C=O) groups is 2. The molecule has 0 bridgehead atoms. The van der Waals surface area contributed by atoms with E-state index < -0.39 is 23.5 Å². The number of fused-ring (bicyclic) bond motifs is 1. The number of carboxylic acid groups (broad SMARTS) is 1. The van der Waals surface area contributed by atoms with Gasteiger partial charge in [-0.2, -0.15) is 4.68 Å². The number of nitrogens with zero attached hydrogens (tertiary/aromatic N) is 3. The number of aromatic nitrogens is 3. The van der Waals surface area contributed by atoms with E-state index in [2.05, 4.69) is 15.6 Å². The summed E-state index contributed by atoms with van der Waals surface area (Å²) in [5.41, 5.74) is 0.0199. The van der Waals surface area contributed by atoms with E-state index in [0.29, 0.717) is 10.9 Å². The lowest BCUT2D eigenvalue weighted by atomic mass is 10.2. The first-order valence-corrected chi connectivity index (χ1v) is 6.32. The molecule has 1 amide bonds. The maximum absolute atomic E-state index is 12.2. The van der Waals surface area contributed by atoms with E-state index in [1.54, 1.807) is 24.3 Å². The minimum atomic E-state index is -1.26. The van der Waals surface area contributed by atoms with E-state index in [9.17, 15) is 19.5 Å². The van der Waals surface area contributed by atoms with Crippen molar-refractivity contribution < 1.29 is 14.7 Å². The van der Waals surface area contributed by atoms with Crippen LogP contribution in [0.1, 0.15) is 19.4 Å². The second-order valence-corrected chi connectivity index (χ2v) is 4.45. The lowest BCUT2D eigenvalue weighted by Gasteiger charge is -2.13. The van der Waals surface area contributed by atoms with Crippen LogP contribution in [0.3, 0.4) is 0 Å². The van der Waals surface area contributed by atoms with Crippen molar-refractivity contribution in [1.82, 2.24) is 20.3 Å². The molecule has 1 aromatic carbocycles. The van der Waals surface area contributed by atoms with Gasteiger partial charge in [0.25, 0.3) is 5.56 Å². The van der Waals surface area contributed by atoms with Crippen molar-refractivity contribution in [2.45, 2.75) is 19.4 Å². The van der Waals surface area contributed by atoms with Gasteiger partial charge in [-0.15, -0.1) is 5.10 Å². The Bertz CT molecular complexity index is 740. The van der Waals surface area contributed by atoms with Crippen molar-refractivity contribution in [3.63, 3.8) is 0 Å². The van der Waals surface area contributed by atoms with Gasteiger partial charge in [-0.25, -0.2) is 0 Å². The molecule has 0 radical (unpaired) electrons. The highest BCUT2D eigenvalue weighted by Gasteiger charge is 2.18. The van der Waals surface area contributed by atoms with Crippen LogP contribution >= 0.6 is 0 Å². The van der Waals surface area contributed by atoms with Crippen LogP contribution in [0, 0.1) is 0 Å². The fraction of sp³-hybridized carbons (Fsp3) is 0.308. The van der Waals surface area contributed by atoms with Crippen molar-refractivity contribution in [2.75, 3.05) is 6.54 Å². The molecule has 110 valence electrons.